The van der Waals surface area contributed by atoms with Crippen LogP contribution in [0.25, 0.3) is 0 Å². The van der Waals surface area contributed by atoms with E-state index in [9.17, 15) is 18.8 Å². The molecule has 154 valence electrons. The van der Waals surface area contributed by atoms with E-state index in [4.69, 9.17) is 9.47 Å². The van der Waals surface area contributed by atoms with Crippen LogP contribution in [-0.2, 0) is 26.1 Å². The molecule has 0 aliphatic carbocycles. The molecule has 1 aromatic heterocycles. The van der Waals surface area contributed by atoms with Crippen molar-refractivity contribution in [2.75, 3.05) is 26.1 Å². The molecule has 2 atom stereocenters. The number of nitrogens with zero attached hydrogens (tertiary/aromatic N) is 3. The summed E-state index contributed by atoms with van der Waals surface area (Å²) < 4.78 is 25.3. The Labute approximate surface area is 166 Å². The summed E-state index contributed by atoms with van der Waals surface area (Å²) in [4.78, 5) is 38.6. The molecule has 0 radical (unpaired) electrons. The number of hydrogen-bond acceptors (Lipinski definition) is 6. The van der Waals surface area contributed by atoms with E-state index in [2.05, 4.69) is 10.4 Å². The number of hydrogen-bond donors (Lipinski definition) is 1. The molecule has 2 aromatic rings. The zero-order chi connectivity index (χ0) is 21.3. The van der Waals surface area contributed by atoms with Crippen LogP contribution in [0.5, 0.6) is 0 Å². The number of carbonyl (C=O) groups is 3. The van der Waals surface area contributed by atoms with Crippen LogP contribution in [0.15, 0.2) is 24.3 Å². The van der Waals surface area contributed by atoms with Crippen LogP contribution in [-0.4, -0.2) is 59.3 Å². The molecule has 0 bridgehead atoms. The average molecular weight is 404 g/mol. The van der Waals surface area contributed by atoms with Crippen LogP contribution in [0, 0.1) is 12.7 Å². The molecule has 2 amide bonds. The molecule has 1 aromatic carbocycles. The van der Waals surface area contributed by atoms with E-state index in [1.165, 1.54) is 41.9 Å². The van der Waals surface area contributed by atoms with Crippen molar-refractivity contribution in [2.24, 2.45) is 7.05 Å². The normalized spacial score (nSPS) is 19.2. The van der Waals surface area contributed by atoms with Gasteiger partial charge in [-0.1, -0.05) is 12.1 Å². The van der Waals surface area contributed by atoms with Crippen molar-refractivity contribution in [2.45, 2.75) is 19.1 Å². The highest BCUT2D eigenvalue weighted by Gasteiger charge is 2.41. The maximum atomic E-state index is 13.8. The van der Waals surface area contributed by atoms with Gasteiger partial charge in [0, 0.05) is 14.1 Å². The predicted molar refractivity (Wildman–Crippen MR) is 99.6 cm³/mol. The fourth-order valence-corrected chi connectivity index (χ4v) is 3.35. The lowest BCUT2D eigenvalue weighted by Crippen LogP contribution is -2.51. The summed E-state index contributed by atoms with van der Waals surface area (Å²) in [7, 11) is 4.30. The number of methoxy groups -OCH3 is 1. The van der Waals surface area contributed by atoms with Crippen LogP contribution < -0.4 is 5.32 Å². The van der Waals surface area contributed by atoms with Gasteiger partial charge in [-0.15, -0.1) is 0 Å². The van der Waals surface area contributed by atoms with Gasteiger partial charge in [0.1, 0.15) is 12.4 Å². The number of esters is 1. The van der Waals surface area contributed by atoms with Gasteiger partial charge in [0.2, 0.25) is 5.91 Å². The number of amides is 2. The molecule has 9 nitrogen and oxygen atoms in total. The number of benzene rings is 1. The lowest BCUT2D eigenvalue weighted by molar-refractivity contribution is -0.160. The first kappa shape index (κ1) is 20.5. The Bertz CT molecular complexity index is 974. The van der Waals surface area contributed by atoms with Gasteiger partial charge in [-0.2, -0.15) is 5.10 Å². The van der Waals surface area contributed by atoms with E-state index in [0.717, 1.165) is 0 Å². The van der Waals surface area contributed by atoms with Crippen molar-refractivity contribution in [1.29, 1.82) is 0 Å². The molecule has 1 aliphatic heterocycles. The maximum Gasteiger partial charge on any atom is 0.358 e. The number of anilines is 1. The average Bonchev–Trinajstić information content (AvgIpc) is 2.96. The van der Waals surface area contributed by atoms with E-state index in [0.29, 0.717) is 11.3 Å². The summed E-state index contributed by atoms with van der Waals surface area (Å²) >= 11 is 0. The van der Waals surface area contributed by atoms with Gasteiger partial charge in [-0.3, -0.25) is 14.3 Å². The minimum atomic E-state index is -1.12. The third-order valence-electron chi connectivity index (χ3n) is 4.78. The standard InChI is InChI=1S/C19H21FN4O5/c1-10-14(16(19(27)28-4)24(3)22-10)21-18(26)17-15(23(2)13(25)9-29-17)11-6-5-7-12(20)8-11/h5-8,15,17H,9H2,1-4H3,(H,21,26). The van der Waals surface area contributed by atoms with Crippen molar-refractivity contribution < 1.29 is 28.2 Å². The number of carbonyl (C=O) groups excluding carboxylic acids is 3. The first-order valence-electron chi connectivity index (χ1n) is 8.80. The Morgan fingerprint density at radius 3 is 2.72 bits per heavy atom. The van der Waals surface area contributed by atoms with Gasteiger partial charge >= 0.3 is 5.97 Å². The van der Waals surface area contributed by atoms with Crippen LogP contribution >= 0.6 is 0 Å². The maximum absolute atomic E-state index is 13.8. The SMILES string of the molecule is COC(=O)c1c(NC(=O)C2OCC(=O)N(C)C2c2cccc(F)c2)c(C)nn1C. The Hall–Kier alpha value is -3.27. The number of aromatic nitrogens is 2. The topological polar surface area (TPSA) is 103 Å². The van der Waals surface area contributed by atoms with E-state index in [1.54, 1.807) is 20.0 Å². The second kappa shape index (κ2) is 8.00. The summed E-state index contributed by atoms with van der Waals surface area (Å²) in [6.07, 6.45) is -1.12. The highest BCUT2D eigenvalue weighted by Crippen LogP contribution is 2.31. The molecule has 10 heteroatoms. The van der Waals surface area contributed by atoms with Gasteiger partial charge in [0.25, 0.3) is 5.91 Å². The third kappa shape index (κ3) is 3.83. The Morgan fingerprint density at radius 2 is 2.07 bits per heavy atom. The van der Waals surface area contributed by atoms with Crippen molar-refractivity contribution in [1.82, 2.24) is 14.7 Å². The van der Waals surface area contributed by atoms with Crippen LogP contribution in [0.1, 0.15) is 27.8 Å². The molecule has 0 saturated carbocycles. The zero-order valence-electron chi connectivity index (χ0n) is 16.4. The fraction of sp³-hybridized carbons (Fsp3) is 0.368. The summed E-state index contributed by atoms with van der Waals surface area (Å²) in [6.45, 7) is 1.33. The second-order valence-corrected chi connectivity index (χ2v) is 6.65. The number of aryl methyl sites for hydroxylation is 2. The second-order valence-electron chi connectivity index (χ2n) is 6.65. The molecular formula is C19H21FN4O5. The molecule has 1 aliphatic rings. The molecule has 1 fully saturated rings. The quantitative estimate of drug-likeness (QED) is 0.768. The van der Waals surface area contributed by atoms with Gasteiger partial charge in [-0.05, 0) is 24.6 Å². The molecular weight excluding hydrogens is 383 g/mol. The monoisotopic (exact) mass is 404 g/mol. The predicted octanol–water partition coefficient (Wildman–Crippen LogP) is 1.19. The van der Waals surface area contributed by atoms with E-state index >= 15 is 0 Å². The minimum absolute atomic E-state index is 0.0703. The van der Waals surface area contributed by atoms with Crippen LogP contribution in [0.3, 0.4) is 0 Å². The van der Waals surface area contributed by atoms with Crippen molar-refractivity contribution in [3.63, 3.8) is 0 Å². The minimum Gasteiger partial charge on any atom is -0.464 e. The zero-order valence-corrected chi connectivity index (χ0v) is 16.4. The van der Waals surface area contributed by atoms with E-state index in [-0.39, 0.29) is 23.9 Å². The molecule has 3 rings (SSSR count). The Balaban J connectivity index is 1.95. The molecule has 29 heavy (non-hydrogen) atoms. The van der Waals surface area contributed by atoms with Gasteiger partial charge in [0.05, 0.1) is 24.5 Å². The van der Waals surface area contributed by atoms with E-state index < -0.39 is 29.8 Å². The number of ether oxygens (including phenoxy) is 2. The third-order valence-corrected chi connectivity index (χ3v) is 4.78. The number of halogens is 1. The summed E-state index contributed by atoms with van der Waals surface area (Å²) in [5.74, 6) is -2.10. The smallest absolute Gasteiger partial charge is 0.358 e. The van der Waals surface area contributed by atoms with Gasteiger partial charge < -0.3 is 19.7 Å². The van der Waals surface area contributed by atoms with Gasteiger partial charge in [0.15, 0.2) is 11.8 Å². The lowest BCUT2D eigenvalue weighted by Gasteiger charge is -2.38. The Kier molecular flexibility index (Phi) is 5.64. The number of morpholine rings is 1. The van der Waals surface area contributed by atoms with E-state index in [1.807, 2.05) is 0 Å². The number of nitrogens with one attached hydrogen (secondary N) is 1. The van der Waals surface area contributed by atoms with Crippen molar-refractivity contribution in [3.05, 3.63) is 47.0 Å². The molecule has 2 heterocycles. The molecule has 1 saturated heterocycles. The van der Waals surface area contributed by atoms with Crippen LogP contribution in [0.4, 0.5) is 10.1 Å². The van der Waals surface area contributed by atoms with Crippen molar-refractivity contribution >= 4 is 23.5 Å². The molecule has 2 unspecified atom stereocenters. The number of likely N-dealkylation sites (N-methyl/N-ethyl adjacent to an activating group) is 1. The van der Waals surface area contributed by atoms with Crippen LogP contribution in [0.2, 0.25) is 0 Å². The Morgan fingerprint density at radius 1 is 1.34 bits per heavy atom. The summed E-state index contributed by atoms with van der Waals surface area (Å²) in [5, 5.41) is 6.79. The summed E-state index contributed by atoms with van der Waals surface area (Å²) in [6, 6.07) is 4.78. The highest BCUT2D eigenvalue weighted by molar-refractivity contribution is 6.03. The largest absolute Gasteiger partial charge is 0.464 e. The first-order valence-corrected chi connectivity index (χ1v) is 8.80. The van der Waals surface area contributed by atoms with Crippen molar-refractivity contribution in [3.8, 4) is 0 Å². The fourth-order valence-electron chi connectivity index (χ4n) is 3.35. The number of rotatable bonds is 4. The highest BCUT2D eigenvalue weighted by atomic mass is 19.1. The lowest BCUT2D eigenvalue weighted by atomic mass is 9.97. The molecule has 0 spiro atoms. The summed E-state index contributed by atoms with van der Waals surface area (Å²) in [5.41, 5.74) is 1.08. The van der Waals surface area contributed by atoms with Gasteiger partial charge in [-0.25, -0.2) is 9.18 Å². The first-order chi connectivity index (χ1) is 13.7. The molecule has 1 N–H and O–H groups in total.